The number of hydrogen-bond acceptors (Lipinski definition) is 4. The molecule has 2 N–H and O–H groups in total. The van der Waals surface area contributed by atoms with E-state index < -0.39 is 17.1 Å². The molecule has 3 saturated carbocycles. The molecule has 144 valence electrons. The number of rotatable bonds is 1. The van der Waals surface area contributed by atoms with Gasteiger partial charge in [0.15, 0.2) is 11.6 Å². The van der Waals surface area contributed by atoms with Gasteiger partial charge in [-0.15, -0.1) is 0 Å². The van der Waals surface area contributed by atoms with E-state index in [4.69, 9.17) is 0 Å². The van der Waals surface area contributed by atoms with E-state index in [1.54, 1.807) is 0 Å². The largest absolute Gasteiger partial charge is 0.393 e. The van der Waals surface area contributed by atoms with Crippen molar-refractivity contribution in [2.24, 2.45) is 34.5 Å². The predicted octanol–water partition coefficient (Wildman–Crippen LogP) is 3.06. The molecule has 0 aromatic heterocycles. The highest BCUT2D eigenvalue weighted by atomic mass is 16.3. The van der Waals surface area contributed by atoms with Crippen molar-refractivity contribution in [1.29, 1.82) is 0 Å². The van der Waals surface area contributed by atoms with E-state index >= 15 is 0 Å². The number of fused-ring (bicyclic) bond motifs is 5. The van der Waals surface area contributed by atoms with Gasteiger partial charge in [-0.2, -0.15) is 0 Å². The van der Waals surface area contributed by atoms with Gasteiger partial charge in [-0.3, -0.25) is 9.59 Å². The zero-order valence-corrected chi connectivity index (χ0v) is 16.4. The number of aliphatic hydroxyl groups excluding tert-OH is 1. The first-order chi connectivity index (χ1) is 12.0. The summed E-state index contributed by atoms with van der Waals surface area (Å²) in [7, 11) is 0. The van der Waals surface area contributed by atoms with E-state index in [1.165, 1.54) is 12.5 Å². The standard InChI is InChI=1S/C22H32O4/c1-12-9-15-16-6-8-22(26,13(2)23)21(16,4)11-18(25)19(15)20(3)7-5-14(24)10-17(12)20/h10,12,15-16,18-19,25-26H,5-9,11H2,1-4H3/t12-,15-,16+,18-,19-,20-,21-,22-/m0/s1. The number of carbonyl (C=O) groups excluding carboxylic acids is 2. The summed E-state index contributed by atoms with van der Waals surface area (Å²) in [5.74, 6) is 1.03. The Labute approximate surface area is 156 Å². The highest BCUT2D eigenvalue weighted by Gasteiger charge is 2.68. The highest BCUT2D eigenvalue weighted by molar-refractivity contribution is 5.91. The van der Waals surface area contributed by atoms with E-state index in [1.807, 2.05) is 13.0 Å². The summed E-state index contributed by atoms with van der Waals surface area (Å²) >= 11 is 0. The summed E-state index contributed by atoms with van der Waals surface area (Å²) in [6, 6.07) is 0. The number of ketones is 2. The van der Waals surface area contributed by atoms with Crippen molar-refractivity contribution in [1.82, 2.24) is 0 Å². The summed E-state index contributed by atoms with van der Waals surface area (Å²) in [6.45, 7) is 7.94. The monoisotopic (exact) mass is 360 g/mol. The fraction of sp³-hybridized carbons (Fsp3) is 0.818. The van der Waals surface area contributed by atoms with Gasteiger partial charge in [-0.25, -0.2) is 0 Å². The quantitative estimate of drug-likeness (QED) is 0.754. The Kier molecular flexibility index (Phi) is 3.89. The van der Waals surface area contributed by atoms with Crippen LogP contribution in [0.15, 0.2) is 11.6 Å². The first-order valence-electron chi connectivity index (χ1n) is 10.2. The molecule has 0 heterocycles. The molecule has 0 aromatic rings. The minimum Gasteiger partial charge on any atom is -0.393 e. The fourth-order valence-corrected chi connectivity index (χ4v) is 7.70. The maximum absolute atomic E-state index is 12.3. The number of allylic oxidation sites excluding steroid dienone is 1. The molecule has 0 unspecified atom stereocenters. The van der Waals surface area contributed by atoms with E-state index in [0.29, 0.717) is 31.1 Å². The van der Waals surface area contributed by atoms with Crippen LogP contribution in [0, 0.1) is 34.5 Å². The van der Waals surface area contributed by atoms with Crippen molar-refractivity contribution in [2.75, 3.05) is 0 Å². The molecule has 4 heteroatoms. The molecule has 0 spiro atoms. The van der Waals surface area contributed by atoms with Crippen LogP contribution < -0.4 is 0 Å². The van der Waals surface area contributed by atoms with Crippen molar-refractivity contribution in [3.05, 3.63) is 11.6 Å². The van der Waals surface area contributed by atoms with Crippen molar-refractivity contribution >= 4 is 11.6 Å². The molecule has 0 bridgehead atoms. The lowest BCUT2D eigenvalue weighted by atomic mass is 9.44. The number of carbonyl (C=O) groups is 2. The normalized spacial score (nSPS) is 53.4. The van der Waals surface area contributed by atoms with Gasteiger partial charge >= 0.3 is 0 Å². The maximum Gasteiger partial charge on any atom is 0.161 e. The molecule has 4 nitrogen and oxygen atoms in total. The number of Topliss-reactive ketones (excluding diaryl/α,β-unsaturated/α-hetero) is 1. The van der Waals surface area contributed by atoms with Crippen LogP contribution in [0.1, 0.15) is 66.2 Å². The first kappa shape index (κ1) is 18.4. The van der Waals surface area contributed by atoms with Crippen molar-refractivity contribution in [2.45, 2.75) is 77.9 Å². The third-order valence-corrected chi connectivity index (χ3v) is 8.95. The lowest BCUT2D eigenvalue weighted by Crippen LogP contribution is -2.62. The average molecular weight is 360 g/mol. The van der Waals surface area contributed by atoms with Crippen LogP contribution in [0.2, 0.25) is 0 Å². The Morgan fingerprint density at radius 2 is 1.96 bits per heavy atom. The third-order valence-electron chi connectivity index (χ3n) is 8.95. The second kappa shape index (κ2) is 5.51. The van der Waals surface area contributed by atoms with Gasteiger partial charge in [0, 0.05) is 11.8 Å². The van der Waals surface area contributed by atoms with Crippen molar-refractivity contribution in [3.8, 4) is 0 Å². The van der Waals surface area contributed by atoms with Gasteiger partial charge in [0.05, 0.1) is 6.10 Å². The van der Waals surface area contributed by atoms with E-state index in [0.717, 1.165) is 19.3 Å². The lowest BCUT2D eigenvalue weighted by molar-refractivity contribution is -0.181. The van der Waals surface area contributed by atoms with Crippen LogP contribution >= 0.6 is 0 Å². The Morgan fingerprint density at radius 3 is 2.62 bits per heavy atom. The van der Waals surface area contributed by atoms with Crippen LogP contribution in [0.4, 0.5) is 0 Å². The second-order valence-corrected chi connectivity index (χ2v) is 10.1. The summed E-state index contributed by atoms with van der Waals surface area (Å²) in [4.78, 5) is 24.3. The zero-order chi connectivity index (χ0) is 19.1. The van der Waals surface area contributed by atoms with Gasteiger partial charge in [0.2, 0.25) is 0 Å². The predicted molar refractivity (Wildman–Crippen MR) is 98.3 cm³/mol. The average Bonchev–Trinajstić information content (AvgIpc) is 2.81. The van der Waals surface area contributed by atoms with Crippen LogP contribution in [-0.4, -0.2) is 33.5 Å². The SMILES string of the molecule is CC(=O)[C@@]1(O)CC[C@@H]2[C@@H]3C[C@H](C)C4=CC(=O)CC[C@]4(C)[C@@H]3[C@@H](O)C[C@@]21C. The zero-order valence-electron chi connectivity index (χ0n) is 16.4. The minimum atomic E-state index is -1.31. The summed E-state index contributed by atoms with van der Waals surface area (Å²) in [5, 5.41) is 22.5. The Bertz CT molecular complexity index is 696. The van der Waals surface area contributed by atoms with Crippen LogP contribution in [0.3, 0.4) is 0 Å². The molecular weight excluding hydrogens is 328 g/mol. The smallest absolute Gasteiger partial charge is 0.161 e. The van der Waals surface area contributed by atoms with Crippen molar-refractivity contribution < 1.29 is 19.8 Å². The molecule has 0 amide bonds. The topological polar surface area (TPSA) is 74.6 Å². The number of hydrogen-bond donors (Lipinski definition) is 2. The van der Waals surface area contributed by atoms with Gasteiger partial charge in [-0.1, -0.05) is 26.3 Å². The molecule has 26 heavy (non-hydrogen) atoms. The first-order valence-corrected chi connectivity index (χ1v) is 10.2. The molecule has 3 fully saturated rings. The Hall–Kier alpha value is -1.00. The molecular formula is C22H32O4. The van der Waals surface area contributed by atoms with E-state index in [9.17, 15) is 19.8 Å². The van der Waals surface area contributed by atoms with Gasteiger partial charge in [0.1, 0.15) is 5.60 Å². The number of aliphatic hydroxyl groups is 2. The minimum absolute atomic E-state index is 0.116. The van der Waals surface area contributed by atoms with Gasteiger partial charge in [-0.05, 0) is 74.2 Å². The molecule has 0 aliphatic heterocycles. The third kappa shape index (κ3) is 2.09. The van der Waals surface area contributed by atoms with Gasteiger partial charge in [0.25, 0.3) is 0 Å². The fourth-order valence-electron chi connectivity index (χ4n) is 7.70. The van der Waals surface area contributed by atoms with Crippen LogP contribution in [0.25, 0.3) is 0 Å². The molecule has 0 aromatic carbocycles. The van der Waals surface area contributed by atoms with Crippen molar-refractivity contribution in [3.63, 3.8) is 0 Å². The summed E-state index contributed by atoms with van der Waals surface area (Å²) in [6.07, 6.45) is 5.44. The maximum atomic E-state index is 12.3. The Morgan fingerprint density at radius 1 is 1.27 bits per heavy atom. The molecule has 4 aliphatic carbocycles. The molecule has 0 radical (unpaired) electrons. The molecule has 8 atom stereocenters. The Balaban J connectivity index is 1.79. The lowest BCUT2D eigenvalue weighted by Gasteiger charge is -2.61. The highest BCUT2D eigenvalue weighted by Crippen LogP contribution is 2.68. The van der Waals surface area contributed by atoms with Crippen LogP contribution in [-0.2, 0) is 9.59 Å². The molecule has 4 aliphatic rings. The van der Waals surface area contributed by atoms with E-state index in [-0.39, 0.29) is 28.8 Å². The summed E-state index contributed by atoms with van der Waals surface area (Å²) in [5.41, 5.74) is -0.792. The molecule has 4 rings (SSSR count). The van der Waals surface area contributed by atoms with E-state index in [2.05, 4.69) is 13.8 Å². The van der Waals surface area contributed by atoms with Gasteiger partial charge < -0.3 is 10.2 Å². The second-order valence-electron chi connectivity index (χ2n) is 10.1. The van der Waals surface area contributed by atoms with Crippen LogP contribution in [0.5, 0.6) is 0 Å². The summed E-state index contributed by atoms with van der Waals surface area (Å²) < 4.78 is 0. The molecule has 0 saturated heterocycles.